The molecule has 0 amide bonds. The van der Waals surface area contributed by atoms with Crippen molar-refractivity contribution in [2.45, 2.75) is 6.18 Å². The Labute approximate surface area is 130 Å². The number of halogens is 4. The van der Waals surface area contributed by atoms with Crippen molar-refractivity contribution in [3.63, 3.8) is 0 Å². The fourth-order valence-corrected chi connectivity index (χ4v) is 2.50. The van der Waals surface area contributed by atoms with E-state index in [0.29, 0.717) is 37.8 Å². The van der Waals surface area contributed by atoms with E-state index in [1.807, 2.05) is 9.80 Å². The van der Waals surface area contributed by atoms with Crippen LogP contribution < -0.4 is 9.80 Å². The van der Waals surface area contributed by atoms with Gasteiger partial charge in [-0.15, -0.1) is 0 Å². The molecule has 3 heterocycles. The molecular formula is C15H14F4N4. The molecule has 1 saturated heterocycles. The van der Waals surface area contributed by atoms with Crippen molar-refractivity contribution in [1.29, 1.82) is 0 Å². The Morgan fingerprint density at radius 3 is 2.17 bits per heavy atom. The molecule has 3 rings (SSSR count). The fraction of sp³-hybridized carbons (Fsp3) is 0.333. The number of rotatable bonds is 2. The molecule has 1 aliphatic rings. The Morgan fingerprint density at radius 2 is 1.61 bits per heavy atom. The van der Waals surface area contributed by atoms with E-state index in [-0.39, 0.29) is 5.82 Å². The summed E-state index contributed by atoms with van der Waals surface area (Å²) < 4.78 is 51.3. The predicted molar refractivity (Wildman–Crippen MR) is 77.9 cm³/mol. The van der Waals surface area contributed by atoms with Crippen LogP contribution in [0.2, 0.25) is 0 Å². The van der Waals surface area contributed by atoms with Crippen LogP contribution >= 0.6 is 0 Å². The van der Waals surface area contributed by atoms with Crippen molar-refractivity contribution in [3.8, 4) is 0 Å². The van der Waals surface area contributed by atoms with Crippen LogP contribution in [0.3, 0.4) is 0 Å². The minimum atomic E-state index is -4.39. The van der Waals surface area contributed by atoms with Crippen LogP contribution in [0.25, 0.3) is 0 Å². The molecule has 0 spiro atoms. The number of hydrogen-bond donors (Lipinski definition) is 0. The number of pyridine rings is 2. The molecule has 0 atom stereocenters. The number of piperazine rings is 1. The van der Waals surface area contributed by atoms with Gasteiger partial charge < -0.3 is 9.80 Å². The monoisotopic (exact) mass is 326 g/mol. The van der Waals surface area contributed by atoms with E-state index in [2.05, 4.69) is 9.97 Å². The standard InChI is InChI=1S/C15H14F4N4/c16-12-2-1-5-20-14(12)23-8-6-22(7-9-23)13-4-3-11(10-21-13)15(17,18)19/h1-5,10H,6-9H2. The molecular weight excluding hydrogens is 312 g/mol. The van der Waals surface area contributed by atoms with Gasteiger partial charge in [-0.1, -0.05) is 0 Å². The van der Waals surface area contributed by atoms with Gasteiger partial charge in [0.1, 0.15) is 5.82 Å². The third-order valence-electron chi connectivity index (χ3n) is 3.72. The van der Waals surface area contributed by atoms with Gasteiger partial charge in [0, 0.05) is 38.6 Å². The molecule has 0 aliphatic carbocycles. The Bertz CT molecular complexity index is 664. The summed E-state index contributed by atoms with van der Waals surface area (Å²) >= 11 is 0. The highest BCUT2D eigenvalue weighted by molar-refractivity contribution is 5.45. The summed E-state index contributed by atoms with van der Waals surface area (Å²) in [5, 5.41) is 0. The first-order chi connectivity index (χ1) is 10.9. The highest BCUT2D eigenvalue weighted by atomic mass is 19.4. The van der Waals surface area contributed by atoms with Gasteiger partial charge in [0.15, 0.2) is 11.6 Å². The zero-order valence-electron chi connectivity index (χ0n) is 12.1. The lowest BCUT2D eigenvalue weighted by atomic mass is 10.2. The average Bonchev–Trinajstić information content (AvgIpc) is 2.55. The molecule has 2 aromatic heterocycles. The van der Waals surface area contributed by atoms with Gasteiger partial charge in [0.05, 0.1) is 5.56 Å². The molecule has 0 aromatic carbocycles. The Kier molecular flexibility index (Phi) is 4.06. The van der Waals surface area contributed by atoms with E-state index in [9.17, 15) is 17.6 Å². The van der Waals surface area contributed by atoms with Crippen LogP contribution in [0.1, 0.15) is 5.56 Å². The van der Waals surface area contributed by atoms with E-state index in [1.54, 1.807) is 0 Å². The van der Waals surface area contributed by atoms with Crippen LogP contribution in [0.4, 0.5) is 29.2 Å². The van der Waals surface area contributed by atoms with Crippen molar-refractivity contribution in [2.75, 3.05) is 36.0 Å². The van der Waals surface area contributed by atoms with E-state index in [0.717, 1.165) is 12.3 Å². The SMILES string of the molecule is Fc1cccnc1N1CCN(c2ccc(C(F)(F)F)cn2)CC1. The molecule has 0 saturated carbocycles. The maximum atomic E-state index is 13.7. The van der Waals surface area contributed by atoms with Crippen molar-refractivity contribution in [3.05, 3.63) is 48.0 Å². The van der Waals surface area contributed by atoms with Crippen LogP contribution in [0.15, 0.2) is 36.7 Å². The van der Waals surface area contributed by atoms with Crippen molar-refractivity contribution in [1.82, 2.24) is 9.97 Å². The van der Waals surface area contributed by atoms with E-state index in [4.69, 9.17) is 0 Å². The molecule has 122 valence electrons. The third kappa shape index (κ3) is 3.35. The van der Waals surface area contributed by atoms with Crippen LogP contribution in [0, 0.1) is 5.82 Å². The topological polar surface area (TPSA) is 32.3 Å². The summed E-state index contributed by atoms with van der Waals surface area (Å²) in [6.45, 7) is 2.12. The van der Waals surface area contributed by atoms with Crippen molar-refractivity contribution < 1.29 is 17.6 Å². The number of hydrogen-bond acceptors (Lipinski definition) is 4. The van der Waals surface area contributed by atoms with Crippen LogP contribution in [-0.4, -0.2) is 36.1 Å². The second-order valence-electron chi connectivity index (χ2n) is 5.19. The molecule has 0 N–H and O–H groups in total. The van der Waals surface area contributed by atoms with Gasteiger partial charge in [-0.25, -0.2) is 14.4 Å². The number of alkyl halides is 3. The maximum Gasteiger partial charge on any atom is 0.417 e. The van der Waals surface area contributed by atoms with Gasteiger partial charge >= 0.3 is 6.18 Å². The lowest BCUT2D eigenvalue weighted by molar-refractivity contribution is -0.137. The molecule has 1 aliphatic heterocycles. The first-order valence-corrected chi connectivity index (χ1v) is 7.09. The second kappa shape index (κ2) is 6.02. The van der Waals surface area contributed by atoms with Crippen LogP contribution in [0.5, 0.6) is 0 Å². The van der Waals surface area contributed by atoms with Crippen molar-refractivity contribution in [2.24, 2.45) is 0 Å². The lowest BCUT2D eigenvalue weighted by Gasteiger charge is -2.36. The minimum absolute atomic E-state index is 0.299. The normalized spacial score (nSPS) is 15.8. The molecule has 0 bridgehead atoms. The maximum absolute atomic E-state index is 13.7. The Balaban J connectivity index is 1.66. The second-order valence-corrected chi connectivity index (χ2v) is 5.19. The van der Waals surface area contributed by atoms with Crippen molar-refractivity contribution >= 4 is 11.6 Å². The summed E-state index contributed by atoms with van der Waals surface area (Å²) in [5.74, 6) is 0.403. The Hall–Kier alpha value is -2.38. The zero-order chi connectivity index (χ0) is 16.4. The van der Waals surface area contributed by atoms with Crippen LogP contribution in [-0.2, 0) is 6.18 Å². The number of aromatic nitrogens is 2. The van der Waals surface area contributed by atoms with E-state index < -0.39 is 11.7 Å². The quantitative estimate of drug-likeness (QED) is 0.794. The largest absolute Gasteiger partial charge is 0.417 e. The summed E-state index contributed by atoms with van der Waals surface area (Å²) in [7, 11) is 0. The predicted octanol–water partition coefficient (Wildman–Crippen LogP) is 2.96. The third-order valence-corrected chi connectivity index (χ3v) is 3.72. The van der Waals surface area contributed by atoms with Gasteiger partial charge in [0.2, 0.25) is 0 Å². The van der Waals surface area contributed by atoms with E-state index >= 15 is 0 Å². The lowest BCUT2D eigenvalue weighted by Crippen LogP contribution is -2.47. The summed E-state index contributed by atoms with van der Waals surface area (Å²) in [6.07, 6.45) is -2.02. The molecule has 0 unspecified atom stereocenters. The molecule has 23 heavy (non-hydrogen) atoms. The van der Waals surface area contributed by atoms with Gasteiger partial charge in [-0.2, -0.15) is 13.2 Å². The average molecular weight is 326 g/mol. The Morgan fingerprint density at radius 1 is 0.913 bits per heavy atom. The first-order valence-electron chi connectivity index (χ1n) is 7.09. The molecule has 0 radical (unpaired) electrons. The van der Waals surface area contributed by atoms with Gasteiger partial charge in [0.25, 0.3) is 0 Å². The highest BCUT2D eigenvalue weighted by Crippen LogP contribution is 2.29. The highest BCUT2D eigenvalue weighted by Gasteiger charge is 2.31. The summed E-state index contributed by atoms with van der Waals surface area (Å²) in [6, 6.07) is 5.26. The van der Waals surface area contributed by atoms with Gasteiger partial charge in [-0.05, 0) is 24.3 Å². The summed E-state index contributed by atoms with van der Waals surface area (Å²) in [5.41, 5.74) is -0.768. The van der Waals surface area contributed by atoms with E-state index in [1.165, 1.54) is 24.4 Å². The summed E-state index contributed by atoms with van der Waals surface area (Å²) in [4.78, 5) is 11.6. The molecule has 1 fully saturated rings. The number of anilines is 2. The smallest absolute Gasteiger partial charge is 0.353 e. The van der Waals surface area contributed by atoms with Gasteiger partial charge in [-0.3, -0.25) is 0 Å². The molecule has 2 aromatic rings. The zero-order valence-corrected chi connectivity index (χ0v) is 12.1. The minimum Gasteiger partial charge on any atom is -0.353 e. The molecule has 8 heteroatoms. The number of nitrogens with zero attached hydrogens (tertiary/aromatic N) is 4. The first kappa shape index (κ1) is 15.5. The molecule has 4 nitrogen and oxygen atoms in total. The fourth-order valence-electron chi connectivity index (χ4n) is 2.50.